The highest BCUT2D eigenvalue weighted by molar-refractivity contribution is 7.09. The van der Waals surface area contributed by atoms with Gasteiger partial charge in [0.15, 0.2) is 5.69 Å². The summed E-state index contributed by atoms with van der Waals surface area (Å²) in [5.41, 5.74) is 13.2. The maximum absolute atomic E-state index is 14.1. The SMILES string of the molecule is CCOc1ccc([C@@H](C(=O)NC[C@@H]2CCCO2)N(C(=O)c2snc(C(N)=O)c2N)c2ccc(C)cc2)cc1. The van der Waals surface area contributed by atoms with Crippen molar-refractivity contribution in [3.63, 3.8) is 0 Å². The van der Waals surface area contributed by atoms with Crippen molar-refractivity contribution >= 4 is 40.6 Å². The minimum atomic E-state index is -1.07. The number of nitrogen functional groups attached to an aromatic ring is 1. The molecule has 38 heavy (non-hydrogen) atoms. The summed E-state index contributed by atoms with van der Waals surface area (Å²) in [5.74, 6) is -1.17. The molecule has 0 radical (unpaired) electrons. The van der Waals surface area contributed by atoms with Gasteiger partial charge in [-0.3, -0.25) is 19.3 Å². The fraction of sp³-hybridized carbons (Fsp3) is 0.333. The Hall–Kier alpha value is -3.96. The van der Waals surface area contributed by atoms with Gasteiger partial charge in [0.25, 0.3) is 11.8 Å². The van der Waals surface area contributed by atoms with Crippen LogP contribution >= 0.6 is 11.5 Å². The molecule has 0 unspecified atom stereocenters. The number of benzene rings is 2. The van der Waals surface area contributed by atoms with Gasteiger partial charge in [0.2, 0.25) is 5.91 Å². The molecule has 0 aliphatic carbocycles. The lowest BCUT2D eigenvalue weighted by molar-refractivity contribution is -0.123. The van der Waals surface area contributed by atoms with E-state index in [0.717, 1.165) is 29.9 Å². The summed E-state index contributed by atoms with van der Waals surface area (Å²) in [6.07, 6.45) is 1.70. The Kier molecular flexibility index (Phi) is 8.59. The van der Waals surface area contributed by atoms with E-state index in [0.29, 0.717) is 36.8 Å². The zero-order chi connectivity index (χ0) is 27.2. The van der Waals surface area contributed by atoms with Crippen LogP contribution in [-0.2, 0) is 9.53 Å². The third-order valence-electron chi connectivity index (χ3n) is 6.23. The number of hydrogen-bond donors (Lipinski definition) is 3. The van der Waals surface area contributed by atoms with Crippen LogP contribution in [0.3, 0.4) is 0 Å². The molecule has 2 aromatic carbocycles. The highest BCUT2D eigenvalue weighted by Gasteiger charge is 2.36. The molecule has 0 bridgehead atoms. The molecular formula is C27H31N5O5S. The highest BCUT2D eigenvalue weighted by atomic mass is 32.1. The lowest BCUT2D eigenvalue weighted by atomic mass is 10.0. The van der Waals surface area contributed by atoms with Crippen molar-refractivity contribution < 1.29 is 23.9 Å². The first kappa shape index (κ1) is 27.1. The summed E-state index contributed by atoms with van der Waals surface area (Å²) in [7, 11) is 0. The van der Waals surface area contributed by atoms with Gasteiger partial charge in [0, 0.05) is 18.8 Å². The Morgan fingerprint density at radius 2 is 1.89 bits per heavy atom. The van der Waals surface area contributed by atoms with Crippen LogP contribution in [0.15, 0.2) is 48.5 Å². The molecule has 1 aliphatic rings. The maximum atomic E-state index is 14.1. The molecule has 2 heterocycles. The zero-order valence-electron chi connectivity index (χ0n) is 21.3. The predicted molar refractivity (Wildman–Crippen MR) is 145 cm³/mol. The normalized spacial score (nSPS) is 15.6. The van der Waals surface area contributed by atoms with Gasteiger partial charge in [-0.2, -0.15) is 4.37 Å². The molecule has 5 N–H and O–H groups in total. The first-order valence-corrected chi connectivity index (χ1v) is 13.1. The number of hydrogen-bond acceptors (Lipinski definition) is 8. The van der Waals surface area contributed by atoms with E-state index in [1.165, 1.54) is 4.90 Å². The first-order chi connectivity index (χ1) is 18.3. The highest BCUT2D eigenvalue weighted by Crippen LogP contribution is 2.34. The number of carbonyl (C=O) groups is 3. The second-order valence-electron chi connectivity index (χ2n) is 8.93. The van der Waals surface area contributed by atoms with E-state index in [2.05, 4.69) is 9.69 Å². The molecule has 11 heteroatoms. The number of anilines is 2. The fourth-order valence-corrected chi connectivity index (χ4v) is 5.02. The molecule has 1 aliphatic heterocycles. The van der Waals surface area contributed by atoms with Crippen LogP contribution in [0.5, 0.6) is 5.75 Å². The summed E-state index contributed by atoms with van der Waals surface area (Å²) in [4.78, 5) is 41.0. The van der Waals surface area contributed by atoms with E-state index in [1.807, 2.05) is 26.0 Å². The number of primary amides is 1. The zero-order valence-corrected chi connectivity index (χ0v) is 22.1. The molecule has 2 atom stereocenters. The quantitative estimate of drug-likeness (QED) is 0.359. The van der Waals surface area contributed by atoms with Gasteiger partial charge in [-0.05, 0) is 68.1 Å². The summed E-state index contributed by atoms with van der Waals surface area (Å²) < 4.78 is 15.2. The number of rotatable bonds is 10. The minimum Gasteiger partial charge on any atom is -0.494 e. The number of amides is 3. The topological polar surface area (TPSA) is 150 Å². The Morgan fingerprint density at radius 1 is 1.18 bits per heavy atom. The Morgan fingerprint density at radius 3 is 2.47 bits per heavy atom. The maximum Gasteiger partial charge on any atom is 0.273 e. The summed E-state index contributed by atoms with van der Waals surface area (Å²) in [5, 5.41) is 2.96. The molecule has 10 nitrogen and oxygen atoms in total. The molecule has 0 saturated carbocycles. The van der Waals surface area contributed by atoms with Gasteiger partial charge in [0.05, 0.1) is 18.4 Å². The van der Waals surface area contributed by atoms with E-state index in [-0.39, 0.29) is 22.4 Å². The number of carbonyl (C=O) groups excluding carboxylic acids is 3. The van der Waals surface area contributed by atoms with E-state index < -0.39 is 23.8 Å². The average molecular weight is 538 g/mol. The number of aromatic nitrogens is 1. The number of aryl methyl sites for hydroxylation is 1. The van der Waals surface area contributed by atoms with Gasteiger partial charge >= 0.3 is 0 Å². The van der Waals surface area contributed by atoms with E-state index in [1.54, 1.807) is 36.4 Å². The number of nitrogens with two attached hydrogens (primary N) is 2. The molecule has 200 valence electrons. The minimum absolute atomic E-state index is 0.0160. The second kappa shape index (κ2) is 12.1. The van der Waals surface area contributed by atoms with Crippen molar-refractivity contribution in [2.75, 3.05) is 30.4 Å². The van der Waals surface area contributed by atoms with E-state index in [4.69, 9.17) is 20.9 Å². The molecule has 1 saturated heterocycles. The fourth-order valence-electron chi connectivity index (χ4n) is 4.27. The van der Waals surface area contributed by atoms with Crippen LogP contribution in [0.25, 0.3) is 0 Å². The van der Waals surface area contributed by atoms with Crippen molar-refractivity contribution in [1.29, 1.82) is 0 Å². The average Bonchev–Trinajstić information content (AvgIpc) is 3.57. The van der Waals surface area contributed by atoms with Gasteiger partial charge in [-0.15, -0.1) is 0 Å². The Balaban J connectivity index is 1.79. The number of nitrogens with one attached hydrogen (secondary N) is 1. The summed E-state index contributed by atoms with van der Waals surface area (Å²) in [6, 6.07) is 13.2. The third-order valence-corrected chi connectivity index (χ3v) is 7.08. The molecule has 3 amide bonds. The van der Waals surface area contributed by atoms with Crippen molar-refractivity contribution in [2.24, 2.45) is 5.73 Å². The standard InChI is InChI=1S/C27H31N5O5S/c1-3-36-19-12-8-17(9-13-19)23(26(34)30-15-20-5-4-14-37-20)32(18-10-6-16(2)7-11-18)27(35)24-21(28)22(25(29)33)31-38-24/h6-13,20,23H,3-5,14-15,28H2,1-2H3,(H2,29,33)(H,30,34)/t20-,23-/m0/s1. The second-order valence-corrected chi connectivity index (χ2v) is 9.71. The van der Waals surface area contributed by atoms with Crippen molar-refractivity contribution in [3.8, 4) is 5.75 Å². The smallest absolute Gasteiger partial charge is 0.273 e. The van der Waals surface area contributed by atoms with Crippen molar-refractivity contribution in [3.05, 3.63) is 70.2 Å². The van der Waals surface area contributed by atoms with Crippen LogP contribution < -0.4 is 26.4 Å². The van der Waals surface area contributed by atoms with E-state index >= 15 is 0 Å². The molecule has 0 spiro atoms. The van der Waals surface area contributed by atoms with Crippen LogP contribution in [-0.4, -0.2) is 48.0 Å². The Bertz CT molecular complexity index is 1290. The number of ether oxygens (including phenoxy) is 2. The molecule has 4 rings (SSSR count). The van der Waals surface area contributed by atoms with Gasteiger partial charge in [0.1, 0.15) is 16.7 Å². The lowest BCUT2D eigenvalue weighted by Gasteiger charge is -2.31. The molecule has 1 aromatic heterocycles. The van der Waals surface area contributed by atoms with Gasteiger partial charge in [-0.1, -0.05) is 29.8 Å². The van der Waals surface area contributed by atoms with Crippen LogP contribution in [0, 0.1) is 6.92 Å². The first-order valence-electron chi connectivity index (χ1n) is 12.4. The summed E-state index contributed by atoms with van der Waals surface area (Å²) >= 11 is 0.767. The van der Waals surface area contributed by atoms with Crippen LogP contribution in [0.4, 0.5) is 11.4 Å². The van der Waals surface area contributed by atoms with Crippen LogP contribution in [0.1, 0.15) is 57.1 Å². The van der Waals surface area contributed by atoms with Crippen LogP contribution in [0.2, 0.25) is 0 Å². The monoisotopic (exact) mass is 537 g/mol. The molecule has 3 aromatic rings. The molecular weight excluding hydrogens is 506 g/mol. The third kappa shape index (κ3) is 5.95. The van der Waals surface area contributed by atoms with Gasteiger partial charge < -0.3 is 26.3 Å². The van der Waals surface area contributed by atoms with Crippen molar-refractivity contribution in [1.82, 2.24) is 9.69 Å². The van der Waals surface area contributed by atoms with Crippen molar-refractivity contribution in [2.45, 2.75) is 38.8 Å². The lowest BCUT2D eigenvalue weighted by Crippen LogP contribution is -2.45. The van der Waals surface area contributed by atoms with Gasteiger partial charge in [-0.25, -0.2) is 0 Å². The Labute approximate surface area is 225 Å². The largest absolute Gasteiger partial charge is 0.494 e. The molecule has 1 fully saturated rings. The van der Waals surface area contributed by atoms with E-state index in [9.17, 15) is 14.4 Å². The summed E-state index contributed by atoms with van der Waals surface area (Å²) in [6.45, 7) is 5.27. The number of nitrogens with zero attached hydrogens (tertiary/aromatic N) is 2. The predicted octanol–water partition coefficient (Wildman–Crippen LogP) is 3.21.